The van der Waals surface area contributed by atoms with E-state index in [-0.39, 0.29) is 29.7 Å². The number of hydrazone groups is 1. The second-order valence-corrected chi connectivity index (χ2v) is 11.5. The summed E-state index contributed by atoms with van der Waals surface area (Å²) >= 11 is 2.99. The van der Waals surface area contributed by atoms with E-state index in [0.29, 0.717) is 17.5 Å². The van der Waals surface area contributed by atoms with Gasteiger partial charge in [-0.3, -0.25) is 15.0 Å². The summed E-state index contributed by atoms with van der Waals surface area (Å²) in [5.74, 6) is 1.89. The van der Waals surface area contributed by atoms with Crippen LogP contribution >= 0.6 is 23.1 Å². The number of ether oxygens (including phenoxy) is 2. The first-order chi connectivity index (χ1) is 19.0. The summed E-state index contributed by atoms with van der Waals surface area (Å²) in [6.07, 6.45) is 3.43. The Morgan fingerprint density at radius 1 is 0.897 bits per heavy atom. The maximum Gasteiger partial charge on any atom is 0.230 e. The van der Waals surface area contributed by atoms with E-state index in [9.17, 15) is 9.59 Å². The molecule has 3 unspecified atom stereocenters. The zero-order valence-electron chi connectivity index (χ0n) is 21.7. The van der Waals surface area contributed by atoms with Crippen LogP contribution in [0.4, 0.5) is 5.13 Å². The molecule has 1 aromatic heterocycles. The number of benzene rings is 2. The van der Waals surface area contributed by atoms with Gasteiger partial charge in [0.25, 0.3) is 0 Å². The summed E-state index contributed by atoms with van der Waals surface area (Å²) in [5, 5.41) is 21.4. The molecule has 2 amide bonds. The molecule has 2 heterocycles. The van der Waals surface area contributed by atoms with Crippen LogP contribution in [0.5, 0.6) is 11.5 Å². The molecule has 3 atom stereocenters. The number of carbonyl (C=O) groups excluding carboxylic acids is 2. The number of rotatable bonds is 10. The van der Waals surface area contributed by atoms with Gasteiger partial charge in [0, 0.05) is 11.8 Å². The van der Waals surface area contributed by atoms with Gasteiger partial charge >= 0.3 is 0 Å². The molecule has 2 aromatic carbocycles. The molecule has 12 heteroatoms. The lowest BCUT2D eigenvalue weighted by Crippen LogP contribution is -2.39. The summed E-state index contributed by atoms with van der Waals surface area (Å²) < 4.78 is 10.3. The van der Waals surface area contributed by atoms with Gasteiger partial charge < -0.3 is 20.1 Å². The average Bonchev–Trinajstić information content (AvgIpc) is 3.71. The Kier molecular flexibility index (Phi) is 8.62. The van der Waals surface area contributed by atoms with Crippen molar-refractivity contribution in [2.45, 2.75) is 43.5 Å². The standard InChI is InChI=1S/C27H30N6O4S2/c1-36-20-9-3-16(4-10-20)13-22(34)28-26-32-30-24(38-26)18-7-8-19(15-18)25-31-33-27(39-25)29-23(35)14-17-5-11-21(37-2)12-6-17/h3-6,9-12,18-19,26,32H,7-8,13-15H2,1-2H3,(H,28,34)(H,29,33,35). The normalized spacial score (nSPS) is 20.2. The third-order valence-electron chi connectivity index (χ3n) is 6.69. The second kappa shape index (κ2) is 12.5. The Morgan fingerprint density at radius 3 is 2.15 bits per heavy atom. The molecule has 1 fully saturated rings. The SMILES string of the molecule is COc1ccc(CC(=O)Nc2nnc(C3CCC(C4=NNC(NC(=O)Cc5ccc(OC)cc5)S4)C3)s2)cc1. The Morgan fingerprint density at radius 2 is 1.51 bits per heavy atom. The summed E-state index contributed by atoms with van der Waals surface area (Å²) in [4.78, 5) is 25.0. The van der Waals surface area contributed by atoms with E-state index in [0.717, 1.165) is 51.9 Å². The smallest absolute Gasteiger partial charge is 0.230 e. The average molecular weight is 567 g/mol. The van der Waals surface area contributed by atoms with Crippen molar-refractivity contribution in [1.29, 1.82) is 0 Å². The molecule has 1 saturated carbocycles. The maximum absolute atomic E-state index is 12.5. The zero-order chi connectivity index (χ0) is 27.2. The zero-order valence-corrected chi connectivity index (χ0v) is 23.3. The lowest BCUT2D eigenvalue weighted by Gasteiger charge is -2.13. The lowest BCUT2D eigenvalue weighted by molar-refractivity contribution is -0.120. The van der Waals surface area contributed by atoms with Gasteiger partial charge in [-0.15, -0.1) is 10.2 Å². The van der Waals surface area contributed by atoms with Crippen molar-refractivity contribution in [3.8, 4) is 11.5 Å². The van der Waals surface area contributed by atoms with Crippen LogP contribution in [0, 0.1) is 5.92 Å². The van der Waals surface area contributed by atoms with Crippen molar-refractivity contribution in [3.05, 3.63) is 64.7 Å². The molecular weight excluding hydrogens is 536 g/mol. The second-order valence-electron chi connectivity index (χ2n) is 9.39. The molecule has 0 spiro atoms. The van der Waals surface area contributed by atoms with Gasteiger partial charge in [0.15, 0.2) is 5.50 Å². The van der Waals surface area contributed by atoms with E-state index in [1.165, 1.54) is 11.3 Å². The molecular formula is C27H30N6O4S2. The number of nitrogens with one attached hydrogen (secondary N) is 3. The summed E-state index contributed by atoms with van der Waals surface area (Å²) in [5.41, 5.74) is 4.58. The van der Waals surface area contributed by atoms with Crippen LogP contribution in [0.1, 0.15) is 41.3 Å². The van der Waals surface area contributed by atoms with E-state index >= 15 is 0 Å². The Hall–Kier alpha value is -3.64. The van der Waals surface area contributed by atoms with Crippen LogP contribution in [0.15, 0.2) is 53.6 Å². The van der Waals surface area contributed by atoms with Gasteiger partial charge in [-0.2, -0.15) is 5.10 Å². The first kappa shape index (κ1) is 26.9. The predicted molar refractivity (Wildman–Crippen MR) is 152 cm³/mol. The highest BCUT2D eigenvalue weighted by atomic mass is 32.2. The molecule has 0 saturated heterocycles. The van der Waals surface area contributed by atoms with Gasteiger partial charge in [-0.1, -0.05) is 47.4 Å². The van der Waals surface area contributed by atoms with E-state index in [1.54, 1.807) is 26.0 Å². The molecule has 3 aromatic rings. The minimum atomic E-state index is -0.279. The predicted octanol–water partition coefficient (Wildman–Crippen LogP) is 3.91. The molecule has 39 heavy (non-hydrogen) atoms. The van der Waals surface area contributed by atoms with Gasteiger partial charge in [-0.05, 0) is 54.7 Å². The summed E-state index contributed by atoms with van der Waals surface area (Å²) in [7, 11) is 3.23. The van der Waals surface area contributed by atoms with E-state index in [4.69, 9.17) is 9.47 Å². The number of hydrogen-bond donors (Lipinski definition) is 3. The van der Waals surface area contributed by atoms with Crippen LogP contribution < -0.4 is 25.5 Å². The van der Waals surface area contributed by atoms with E-state index in [1.807, 2.05) is 48.5 Å². The number of aromatic nitrogens is 2. The highest BCUT2D eigenvalue weighted by molar-refractivity contribution is 8.14. The van der Waals surface area contributed by atoms with Crippen LogP contribution in [-0.4, -0.2) is 46.8 Å². The van der Waals surface area contributed by atoms with Crippen molar-refractivity contribution >= 4 is 45.1 Å². The van der Waals surface area contributed by atoms with Gasteiger partial charge in [0.2, 0.25) is 16.9 Å². The largest absolute Gasteiger partial charge is 0.497 e. The Labute approximate surface area is 235 Å². The van der Waals surface area contributed by atoms with Gasteiger partial charge in [0.1, 0.15) is 21.6 Å². The van der Waals surface area contributed by atoms with Crippen LogP contribution in [-0.2, 0) is 22.4 Å². The van der Waals surface area contributed by atoms with Crippen molar-refractivity contribution in [1.82, 2.24) is 20.9 Å². The quantitative estimate of drug-likeness (QED) is 0.337. The van der Waals surface area contributed by atoms with Crippen molar-refractivity contribution < 1.29 is 19.1 Å². The number of hydrogen-bond acceptors (Lipinski definition) is 10. The monoisotopic (exact) mass is 566 g/mol. The lowest BCUT2D eigenvalue weighted by atomic mass is 10.1. The molecule has 2 aliphatic rings. The number of amides is 2. The third-order valence-corrected chi connectivity index (χ3v) is 8.81. The summed E-state index contributed by atoms with van der Waals surface area (Å²) in [6.45, 7) is 0. The fourth-order valence-electron chi connectivity index (χ4n) is 4.64. The first-order valence-corrected chi connectivity index (χ1v) is 14.4. The highest BCUT2D eigenvalue weighted by Gasteiger charge is 2.35. The van der Waals surface area contributed by atoms with E-state index in [2.05, 4.69) is 31.4 Å². The molecule has 0 bridgehead atoms. The van der Waals surface area contributed by atoms with Crippen molar-refractivity contribution in [3.63, 3.8) is 0 Å². The maximum atomic E-state index is 12.5. The van der Waals surface area contributed by atoms with Crippen LogP contribution in [0.2, 0.25) is 0 Å². The van der Waals surface area contributed by atoms with Crippen LogP contribution in [0.25, 0.3) is 0 Å². The molecule has 1 aliphatic heterocycles. The number of anilines is 1. The Balaban J connectivity index is 1.06. The fourth-order valence-corrected chi connectivity index (χ4v) is 6.60. The Bertz CT molecular complexity index is 1330. The van der Waals surface area contributed by atoms with Gasteiger partial charge in [0.05, 0.1) is 27.1 Å². The minimum Gasteiger partial charge on any atom is -0.497 e. The van der Waals surface area contributed by atoms with Crippen LogP contribution in [0.3, 0.4) is 0 Å². The van der Waals surface area contributed by atoms with Crippen molar-refractivity contribution in [2.75, 3.05) is 19.5 Å². The molecule has 5 rings (SSSR count). The van der Waals surface area contributed by atoms with Crippen molar-refractivity contribution in [2.24, 2.45) is 11.0 Å². The van der Waals surface area contributed by atoms with E-state index < -0.39 is 0 Å². The third kappa shape index (κ3) is 7.07. The molecule has 10 nitrogen and oxygen atoms in total. The fraction of sp³-hybridized carbons (Fsp3) is 0.370. The molecule has 3 N–H and O–H groups in total. The topological polar surface area (TPSA) is 127 Å². The number of methoxy groups -OCH3 is 2. The summed E-state index contributed by atoms with van der Waals surface area (Å²) in [6, 6.07) is 14.9. The molecule has 204 valence electrons. The number of carbonyl (C=O) groups is 2. The highest BCUT2D eigenvalue weighted by Crippen LogP contribution is 2.43. The molecule has 1 aliphatic carbocycles. The number of thioether (sulfide) groups is 1. The minimum absolute atomic E-state index is 0.0682. The first-order valence-electron chi connectivity index (χ1n) is 12.7. The molecule has 0 radical (unpaired) electrons. The van der Waals surface area contributed by atoms with Gasteiger partial charge in [-0.25, -0.2) is 0 Å². The number of nitrogens with zero attached hydrogens (tertiary/aromatic N) is 3.